The number of carboxylic acids is 1. The molecule has 0 aliphatic heterocycles. The lowest BCUT2D eigenvalue weighted by molar-refractivity contribution is 0.00297. The predicted molar refractivity (Wildman–Crippen MR) is 92.7 cm³/mol. The molecule has 130 valence electrons. The van der Waals surface area contributed by atoms with Gasteiger partial charge in [0.1, 0.15) is 10.5 Å². The standard InChI is InChI=1S/C15H16N2O5S.ClH/c1-15(2,3)21-14(20)22-17-13-16-10(11(23-13)12(18)19)9-7-5-4-6-8-9;/h4-8H,1-3H3,(H,16,17)(H,18,19);1H. The van der Waals surface area contributed by atoms with Gasteiger partial charge in [0.15, 0.2) is 0 Å². The van der Waals surface area contributed by atoms with Gasteiger partial charge in [0.25, 0.3) is 0 Å². The number of rotatable bonds is 4. The lowest BCUT2D eigenvalue weighted by Gasteiger charge is -2.18. The van der Waals surface area contributed by atoms with Crippen molar-refractivity contribution in [2.75, 3.05) is 5.48 Å². The van der Waals surface area contributed by atoms with Crippen molar-refractivity contribution in [1.29, 1.82) is 0 Å². The molecule has 0 radical (unpaired) electrons. The van der Waals surface area contributed by atoms with E-state index >= 15 is 0 Å². The maximum Gasteiger partial charge on any atom is 0.533 e. The fourth-order valence-corrected chi connectivity index (χ4v) is 2.42. The van der Waals surface area contributed by atoms with E-state index in [1.807, 2.05) is 6.07 Å². The molecule has 2 rings (SSSR count). The Bertz CT molecular complexity index is 712. The number of carbonyl (C=O) groups excluding carboxylic acids is 1. The highest BCUT2D eigenvalue weighted by molar-refractivity contribution is 7.17. The number of benzene rings is 1. The summed E-state index contributed by atoms with van der Waals surface area (Å²) in [6.45, 7) is 5.11. The van der Waals surface area contributed by atoms with Crippen molar-refractivity contribution in [3.05, 3.63) is 35.2 Å². The van der Waals surface area contributed by atoms with Crippen molar-refractivity contribution in [3.63, 3.8) is 0 Å². The highest BCUT2D eigenvalue weighted by Crippen LogP contribution is 2.31. The number of carbonyl (C=O) groups is 2. The van der Waals surface area contributed by atoms with Crippen LogP contribution in [-0.2, 0) is 9.57 Å². The molecule has 2 aromatic rings. The normalized spacial score (nSPS) is 10.5. The predicted octanol–water partition coefficient (Wildman–Crippen LogP) is 4.21. The number of halogens is 1. The molecule has 0 saturated heterocycles. The van der Waals surface area contributed by atoms with Gasteiger partial charge < -0.3 is 14.7 Å². The van der Waals surface area contributed by atoms with E-state index in [9.17, 15) is 14.7 Å². The molecule has 2 N–H and O–H groups in total. The van der Waals surface area contributed by atoms with E-state index in [0.717, 1.165) is 11.3 Å². The van der Waals surface area contributed by atoms with Gasteiger partial charge in [-0.05, 0) is 20.8 Å². The Morgan fingerprint density at radius 3 is 2.38 bits per heavy atom. The minimum Gasteiger partial charge on any atom is -0.477 e. The summed E-state index contributed by atoms with van der Waals surface area (Å²) in [6.07, 6.45) is -0.925. The van der Waals surface area contributed by atoms with Crippen LogP contribution < -0.4 is 5.48 Å². The molecule has 1 aromatic heterocycles. The molecule has 1 heterocycles. The zero-order valence-corrected chi connectivity index (χ0v) is 14.9. The maximum atomic E-state index is 11.5. The Morgan fingerprint density at radius 1 is 1.21 bits per heavy atom. The van der Waals surface area contributed by atoms with Crippen LogP contribution in [-0.4, -0.2) is 27.8 Å². The first-order chi connectivity index (χ1) is 10.8. The fourth-order valence-electron chi connectivity index (χ4n) is 1.66. The monoisotopic (exact) mass is 372 g/mol. The van der Waals surface area contributed by atoms with Crippen LogP contribution in [0.25, 0.3) is 11.3 Å². The third-order valence-corrected chi connectivity index (χ3v) is 3.42. The topological polar surface area (TPSA) is 97.8 Å². The van der Waals surface area contributed by atoms with Crippen LogP contribution in [0.4, 0.5) is 9.93 Å². The molecule has 24 heavy (non-hydrogen) atoms. The Hall–Kier alpha value is -2.32. The van der Waals surface area contributed by atoms with Gasteiger partial charge in [0.2, 0.25) is 5.13 Å². The summed E-state index contributed by atoms with van der Waals surface area (Å²) in [5.74, 6) is -1.10. The molecule has 0 bridgehead atoms. The summed E-state index contributed by atoms with van der Waals surface area (Å²) in [5.41, 5.74) is 2.59. The molecule has 0 fully saturated rings. The van der Waals surface area contributed by atoms with Gasteiger partial charge in [0, 0.05) is 5.56 Å². The largest absolute Gasteiger partial charge is 0.533 e. The van der Waals surface area contributed by atoms with E-state index in [4.69, 9.17) is 9.57 Å². The lowest BCUT2D eigenvalue weighted by atomic mass is 10.1. The highest BCUT2D eigenvalue weighted by atomic mass is 35.5. The SMILES string of the molecule is CC(C)(C)OC(=O)ONc1nc(-c2ccccc2)c(C(=O)O)s1.Cl. The van der Waals surface area contributed by atoms with Crippen molar-refractivity contribution in [2.45, 2.75) is 26.4 Å². The summed E-state index contributed by atoms with van der Waals surface area (Å²) < 4.78 is 4.97. The Labute approximate surface area is 149 Å². The van der Waals surface area contributed by atoms with Gasteiger partial charge in [-0.1, -0.05) is 41.7 Å². The van der Waals surface area contributed by atoms with Gasteiger partial charge in [-0.3, -0.25) is 0 Å². The Morgan fingerprint density at radius 2 is 1.83 bits per heavy atom. The molecule has 0 aliphatic carbocycles. The molecule has 0 amide bonds. The van der Waals surface area contributed by atoms with Crippen LogP contribution in [0.15, 0.2) is 30.3 Å². The molecular weight excluding hydrogens is 356 g/mol. The van der Waals surface area contributed by atoms with Crippen LogP contribution in [0, 0.1) is 0 Å². The number of aromatic nitrogens is 1. The van der Waals surface area contributed by atoms with Crippen molar-refractivity contribution >= 4 is 41.0 Å². The van der Waals surface area contributed by atoms with Crippen molar-refractivity contribution in [2.24, 2.45) is 0 Å². The van der Waals surface area contributed by atoms with Crippen molar-refractivity contribution in [1.82, 2.24) is 4.98 Å². The number of hydrogen-bond acceptors (Lipinski definition) is 7. The maximum absolute atomic E-state index is 11.5. The minimum atomic E-state index is -1.10. The van der Waals surface area contributed by atoms with Gasteiger partial charge in [0.05, 0.1) is 5.69 Å². The van der Waals surface area contributed by atoms with Gasteiger partial charge >= 0.3 is 12.1 Å². The molecule has 9 heteroatoms. The van der Waals surface area contributed by atoms with Gasteiger partial charge in [-0.2, -0.15) is 5.48 Å². The zero-order valence-electron chi connectivity index (χ0n) is 13.2. The fraction of sp³-hybridized carbons (Fsp3) is 0.267. The Balaban J connectivity index is 0.00000288. The molecule has 1 aromatic carbocycles. The second kappa shape index (κ2) is 7.98. The van der Waals surface area contributed by atoms with E-state index in [1.54, 1.807) is 45.0 Å². The molecule has 0 saturated carbocycles. The van der Waals surface area contributed by atoms with Crippen molar-refractivity contribution in [3.8, 4) is 11.3 Å². The number of aromatic carboxylic acids is 1. The summed E-state index contributed by atoms with van der Waals surface area (Å²) >= 11 is 0.868. The van der Waals surface area contributed by atoms with Crippen molar-refractivity contribution < 1.29 is 24.3 Å². The first-order valence-corrected chi connectivity index (χ1v) is 7.53. The average Bonchev–Trinajstić information content (AvgIpc) is 2.89. The quantitative estimate of drug-likeness (QED) is 0.612. The lowest BCUT2D eigenvalue weighted by Crippen LogP contribution is -2.25. The van der Waals surface area contributed by atoms with Crippen LogP contribution in [0.5, 0.6) is 0 Å². The van der Waals surface area contributed by atoms with E-state index in [-0.39, 0.29) is 22.4 Å². The van der Waals surface area contributed by atoms with Crippen LogP contribution in [0.3, 0.4) is 0 Å². The van der Waals surface area contributed by atoms with E-state index in [0.29, 0.717) is 11.3 Å². The van der Waals surface area contributed by atoms with E-state index in [2.05, 4.69) is 10.5 Å². The number of hydrogen-bond donors (Lipinski definition) is 2. The zero-order chi connectivity index (χ0) is 17.0. The number of nitrogens with zero attached hydrogens (tertiary/aromatic N) is 1. The van der Waals surface area contributed by atoms with Gasteiger partial charge in [-0.25, -0.2) is 14.6 Å². The first-order valence-electron chi connectivity index (χ1n) is 6.71. The highest BCUT2D eigenvalue weighted by Gasteiger charge is 2.21. The number of anilines is 1. The molecule has 0 aliphatic rings. The number of nitrogens with one attached hydrogen (secondary N) is 1. The molecule has 0 spiro atoms. The summed E-state index contributed by atoms with van der Waals surface area (Å²) in [4.78, 5) is 31.8. The van der Waals surface area contributed by atoms with E-state index in [1.165, 1.54) is 0 Å². The summed E-state index contributed by atoms with van der Waals surface area (Å²) in [6, 6.07) is 8.89. The average molecular weight is 373 g/mol. The number of ether oxygens (including phenoxy) is 1. The van der Waals surface area contributed by atoms with E-state index < -0.39 is 17.7 Å². The molecule has 0 atom stereocenters. The Kier molecular flexibility index (Phi) is 6.56. The first kappa shape index (κ1) is 19.7. The molecular formula is C15H17ClN2O5S. The molecule has 0 unspecified atom stereocenters. The number of thiazole rings is 1. The van der Waals surface area contributed by atoms with Crippen LogP contribution in [0.1, 0.15) is 30.4 Å². The third kappa shape index (κ3) is 5.39. The third-order valence-electron chi connectivity index (χ3n) is 2.48. The summed E-state index contributed by atoms with van der Waals surface area (Å²) in [5, 5.41) is 9.43. The molecule has 7 nitrogen and oxygen atoms in total. The van der Waals surface area contributed by atoms with Crippen LogP contribution in [0.2, 0.25) is 0 Å². The minimum absolute atomic E-state index is 0. The second-order valence-corrected chi connectivity index (χ2v) is 6.54. The van der Waals surface area contributed by atoms with Crippen LogP contribution >= 0.6 is 23.7 Å². The summed E-state index contributed by atoms with van der Waals surface area (Å²) in [7, 11) is 0. The van der Waals surface area contributed by atoms with Gasteiger partial charge in [-0.15, -0.1) is 12.4 Å². The smallest absolute Gasteiger partial charge is 0.477 e. The number of carboxylic acid groups (broad SMARTS) is 1. The second-order valence-electron chi connectivity index (χ2n) is 5.54.